The van der Waals surface area contributed by atoms with E-state index in [0.717, 1.165) is 0 Å². The smallest absolute Gasteiger partial charge is 0.391 e. The average Bonchev–Trinajstić information content (AvgIpc) is 3.34. The minimum absolute atomic E-state index is 0.0162. The second kappa shape index (κ2) is 14.1. The van der Waals surface area contributed by atoms with E-state index in [0.29, 0.717) is 42.5 Å². The largest absolute Gasteiger partial charge is 0.471 e. The summed E-state index contributed by atoms with van der Waals surface area (Å²) in [5.74, 6) is -1.98. The number of anilines is 2. The fraction of sp³-hybridized carbons (Fsp3) is 0.500. The first-order valence-corrected chi connectivity index (χ1v) is 14.5. The lowest BCUT2D eigenvalue weighted by Gasteiger charge is -2.29. The number of hydrogen-bond acceptors (Lipinski definition) is 6. The van der Waals surface area contributed by atoms with E-state index >= 15 is 0 Å². The highest BCUT2D eigenvalue weighted by molar-refractivity contribution is 6.39. The first-order valence-electron chi connectivity index (χ1n) is 13.7. The van der Waals surface area contributed by atoms with E-state index in [4.69, 9.17) is 27.9 Å². The lowest BCUT2D eigenvalue weighted by atomic mass is 9.79. The molecule has 3 aromatic rings. The van der Waals surface area contributed by atoms with E-state index in [1.807, 2.05) is 0 Å². The number of rotatable bonds is 12. The van der Waals surface area contributed by atoms with Crippen LogP contribution in [0.5, 0.6) is 5.88 Å². The average molecular weight is 650 g/mol. The maximum Gasteiger partial charge on any atom is 0.391 e. The molecular weight excluding hydrogens is 620 g/mol. The molecular formula is C28H30Cl2F5N5O3. The van der Waals surface area contributed by atoms with Gasteiger partial charge in [-0.3, -0.25) is 9.59 Å². The van der Waals surface area contributed by atoms with Crippen molar-refractivity contribution in [3.63, 3.8) is 0 Å². The van der Waals surface area contributed by atoms with Crippen molar-refractivity contribution in [3.05, 3.63) is 39.4 Å². The summed E-state index contributed by atoms with van der Waals surface area (Å²) >= 11 is 12.8. The van der Waals surface area contributed by atoms with E-state index in [9.17, 15) is 31.5 Å². The number of carbonyl (C=O) groups excluding carboxylic acids is 2. The molecule has 1 fully saturated rings. The number of pyridine rings is 1. The van der Waals surface area contributed by atoms with Gasteiger partial charge in [0.05, 0.1) is 32.7 Å². The second-order valence-electron chi connectivity index (χ2n) is 10.5. The Morgan fingerprint density at radius 2 is 1.86 bits per heavy atom. The molecule has 0 aliphatic heterocycles. The molecule has 1 aliphatic carbocycles. The van der Waals surface area contributed by atoms with Crippen LogP contribution in [0.2, 0.25) is 10.0 Å². The van der Waals surface area contributed by atoms with Crippen LogP contribution in [-0.2, 0) is 11.3 Å². The predicted octanol–water partition coefficient (Wildman–Crippen LogP) is 8.01. The molecule has 0 bridgehead atoms. The van der Waals surface area contributed by atoms with Crippen LogP contribution in [0.3, 0.4) is 0 Å². The number of aromatic nitrogens is 3. The van der Waals surface area contributed by atoms with Gasteiger partial charge >= 0.3 is 6.18 Å². The van der Waals surface area contributed by atoms with Crippen molar-refractivity contribution in [2.45, 2.75) is 71.0 Å². The second-order valence-corrected chi connectivity index (χ2v) is 11.3. The maximum atomic E-state index is 13.1. The Morgan fingerprint density at radius 3 is 2.51 bits per heavy atom. The number of alkyl halides is 5. The number of amides is 1. The molecule has 3 N–H and O–H groups in total. The lowest BCUT2D eigenvalue weighted by molar-refractivity contribution is -0.184. The third kappa shape index (κ3) is 8.69. The minimum Gasteiger partial charge on any atom is -0.471 e. The summed E-state index contributed by atoms with van der Waals surface area (Å²) < 4.78 is 69.9. The van der Waals surface area contributed by atoms with Crippen molar-refractivity contribution >= 4 is 57.7 Å². The number of hydrogen-bond donors (Lipinski definition) is 3. The van der Waals surface area contributed by atoms with Gasteiger partial charge in [-0.25, -0.2) is 8.78 Å². The van der Waals surface area contributed by atoms with Gasteiger partial charge in [0.1, 0.15) is 0 Å². The summed E-state index contributed by atoms with van der Waals surface area (Å²) in [4.78, 5) is 35.9. The molecule has 1 amide bonds. The number of imidazole rings is 1. The number of halogens is 7. The quantitative estimate of drug-likeness (QED) is 0.135. The molecule has 1 saturated carbocycles. The molecule has 0 atom stereocenters. The highest BCUT2D eigenvalue weighted by atomic mass is 35.5. The number of carbonyl (C=O) groups is 2. The SMILES string of the molecule is CC(=O)NCc1ccc(Cl)c(Nc2nc3nc(OCC(F)F)c(C(=O)CCCC4CCC(C(F)(F)F)CC4)cc3[nH]2)c1Cl. The summed E-state index contributed by atoms with van der Waals surface area (Å²) in [5, 5.41) is 6.10. The normalized spacial score (nSPS) is 17.3. The summed E-state index contributed by atoms with van der Waals surface area (Å²) in [6.45, 7) is 0.547. The van der Waals surface area contributed by atoms with E-state index < -0.39 is 30.9 Å². The Balaban J connectivity index is 1.49. The lowest BCUT2D eigenvalue weighted by Crippen LogP contribution is -2.27. The Kier molecular flexibility index (Phi) is 10.7. The molecule has 2 aromatic heterocycles. The number of H-pyrrole nitrogens is 1. The molecule has 43 heavy (non-hydrogen) atoms. The number of ketones is 1. The van der Waals surface area contributed by atoms with Gasteiger partial charge in [0, 0.05) is 19.9 Å². The molecule has 0 radical (unpaired) electrons. The topological polar surface area (TPSA) is 109 Å². The molecule has 4 rings (SSSR count). The number of benzene rings is 1. The van der Waals surface area contributed by atoms with Gasteiger partial charge < -0.3 is 20.4 Å². The molecule has 8 nitrogen and oxygen atoms in total. The van der Waals surface area contributed by atoms with Crippen molar-refractivity contribution in [2.24, 2.45) is 11.8 Å². The number of ether oxygens (including phenoxy) is 1. The van der Waals surface area contributed by atoms with Gasteiger partial charge in [0.2, 0.25) is 17.7 Å². The summed E-state index contributed by atoms with van der Waals surface area (Å²) in [5.41, 5.74) is 1.24. The molecule has 1 aromatic carbocycles. The van der Waals surface area contributed by atoms with E-state index in [2.05, 4.69) is 25.6 Å². The Morgan fingerprint density at radius 1 is 1.14 bits per heavy atom. The van der Waals surface area contributed by atoms with Crippen molar-refractivity contribution < 1.29 is 36.3 Å². The zero-order valence-electron chi connectivity index (χ0n) is 23.1. The van der Waals surface area contributed by atoms with Gasteiger partial charge in [0.25, 0.3) is 6.43 Å². The first kappa shape index (κ1) is 32.7. The molecule has 0 spiro atoms. The van der Waals surface area contributed by atoms with E-state index in [-0.39, 0.29) is 70.7 Å². The highest BCUT2D eigenvalue weighted by Crippen LogP contribution is 2.41. The number of fused-ring (bicyclic) bond motifs is 1. The summed E-state index contributed by atoms with van der Waals surface area (Å²) in [6, 6.07) is 4.65. The van der Waals surface area contributed by atoms with Crippen LogP contribution in [0.25, 0.3) is 11.2 Å². The monoisotopic (exact) mass is 649 g/mol. The third-order valence-electron chi connectivity index (χ3n) is 7.35. The molecule has 15 heteroatoms. The Labute approximate surface area is 254 Å². The van der Waals surface area contributed by atoms with Crippen LogP contribution < -0.4 is 15.4 Å². The van der Waals surface area contributed by atoms with Gasteiger partial charge in [-0.05, 0) is 55.7 Å². The van der Waals surface area contributed by atoms with Crippen LogP contribution in [-0.4, -0.2) is 45.9 Å². The molecule has 1 aliphatic rings. The van der Waals surface area contributed by atoms with Crippen LogP contribution in [0.1, 0.15) is 67.8 Å². The predicted molar refractivity (Wildman–Crippen MR) is 152 cm³/mol. The van der Waals surface area contributed by atoms with Gasteiger partial charge in [0.15, 0.2) is 18.0 Å². The Bertz CT molecular complexity index is 1460. The number of aromatic amines is 1. The van der Waals surface area contributed by atoms with E-state index in [1.54, 1.807) is 12.1 Å². The van der Waals surface area contributed by atoms with Crippen LogP contribution in [0, 0.1) is 11.8 Å². The summed E-state index contributed by atoms with van der Waals surface area (Å²) in [6.07, 6.45) is -4.87. The number of Topliss-reactive ketones (excluding diaryl/α,β-unsaturated/α-hetero) is 1. The van der Waals surface area contributed by atoms with Gasteiger partial charge in [-0.2, -0.15) is 23.1 Å². The van der Waals surface area contributed by atoms with Crippen LogP contribution >= 0.6 is 23.2 Å². The van der Waals surface area contributed by atoms with Crippen molar-refractivity contribution in [1.82, 2.24) is 20.3 Å². The zero-order valence-corrected chi connectivity index (χ0v) is 24.6. The number of nitrogens with zero attached hydrogens (tertiary/aromatic N) is 2. The first-order chi connectivity index (χ1) is 20.3. The highest BCUT2D eigenvalue weighted by Gasteiger charge is 2.41. The molecule has 234 valence electrons. The van der Waals surface area contributed by atoms with Gasteiger partial charge in [-0.15, -0.1) is 0 Å². The zero-order chi connectivity index (χ0) is 31.3. The van der Waals surface area contributed by atoms with Crippen molar-refractivity contribution in [3.8, 4) is 5.88 Å². The van der Waals surface area contributed by atoms with Crippen molar-refractivity contribution in [1.29, 1.82) is 0 Å². The van der Waals surface area contributed by atoms with Crippen LogP contribution in [0.4, 0.5) is 33.6 Å². The standard InChI is InChI=1S/C28H30Cl2F5N5O3/c1-14(41)36-12-16-7-10-19(29)24(23(16)30)38-27-37-20-11-18(26(39-25(20)40-27)43-13-22(31)32)21(42)4-2-3-15-5-8-17(9-6-15)28(33,34)35/h7,10-11,15,17,22H,2-6,8-9,12-13H2,1H3,(H,36,41)(H2,37,38,39,40). The minimum atomic E-state index is -4.18. The number of nitrogens with one attached hydrogen (secondary N) is 3. The fourth-order valence-electron chi connectivity index (χ4n) is 5.09. The van der Waals surface area contributed by atoms with Gasteiger partial charge in [-0.1, -0.05) is 35.7 Å². The van der Waals surface area contributed by atoms with Crippen LogP contribution in [0.15, 0.2) is 18.2 Å². The maximum absolute atomic E-state index is 13.1. The fourth-order valence-corrected chi connectivity index (χ4v) is 5.62. The third-order valence-corrected chi connectivity index (χ3v) is 8.10. The van der Waals surface area contributed by atoms with Crippen molar-refractivity contribution in [2.75, 3.05) is 11.9 Å². The molecule has 0 saturated heterocycles. The summed E-state index contributed by atoms with van der Waals surface area (Å²) in [7, 11) is 0. The molecule has 0 unspecified atom stereocenters. The van der Waals surface area contributed by atoms with E-state index in [1.165, 1.54) is 13.0 Å². The Hall–Kier alpha value is -3.19. The molecule has 2 heterocycles.